The summed E-state index contributed by atoms with van der Waals surface area (Å²) in [7, 11) is 2.10. The number of amides is 1. The Labute approximate surface area is 259 Å². The first-order chi connectivity index (χ1) is 20.7. The van der Waals surface area contributed by atoms with Gasteiger partial charge < -0.3 is 10.2 Å². The van der Waals surface area contributed by atoms with E-state index >= 15 is 4.79 Å². The highest BCUT2D eigenvalue weighted by atomic mass is 32.2. The van der Waals surface area contributed by atoms with Crippen molar-refractivity contribution in [1.29, 1.82) is 0 Å². The summed E-state index contributed by atoms with van der Waals surface area (Å²) in [6.07, 6.45) is 2.08. The third kappa shape index (κ3) is 4.06. The molecule has 3 saturated heterocycles. The van der Waals surface area contributed by atoms with Gasteiger partial charge >= 0.3 is 0 Å². The van der Waals surface area contributed by atoms with Gasteiger partial charge in [-0.2, -0.15) is 0 Å². The van der Waals surface area contributed by atoms with E-state index in [0.717, 1.165) is 39.6 Å². The average Bonchev–Trinajstić information content (AvgIpc) is 3.64. The smallest absolute Gasteiger partial charge is 0.250 e. The Kier molecular flexibility index (Phi) is 6.95. The molecule has 0 saturated carbocycles. The van der Waals surface area contributed by atoms with Crippen LogP contribution in [-0.2, 0) is 15.1 Å². The average molecular weight is 592 g/mol. The standard InChI is InChI=1S/C37H41N3O2S/c1-23(2)26-12-10-25(11-13-26)18-29-19-39(5)21-36(34(29)41)33(28-16-14-27(15-17-28)24(3)4)32-20-43-22-40(32)37(36)30-8-6-7-9-31(30)38-35(37)42/h6-18,23-24,32-33H,19-22H2,1-5H3,(H,38,42)/b29-18+/t32-,33-,36-,37-/m0/s1. The van der Waals surface area contributed by atoms with E-state index in [2.05, 4.69) is 111 Å². The van der Waals surface area contributed by atoms with Crippen LogP contribution in [0.1, 0.15) is 73.3 Å². The fourth-order valence-corrected chi connectivity index (χ4v) is 9.77. The number of nitrogens with one attached hydrogen (secondary N) is 1. The summed E-state index contributed by atoms with van der Waals surface area (Å²) >= 11 is 1.87. The second-order valence-electron chi connectivity index (χ2n) is 13.5. The number of hydrogen-bond donors (Lipinski definition) is 1. The number of carbonyl (C=O) groups is 2. The maximum absolute atomic E-state index is 15.5. The Hall–Kier alpha value is -3.19. The van der Waals surface area contributed by atoms with E-state index in [9.17, 15) is 4.79 Å². The zero-order valence-electron chi connectivity index (χ0n) is 25.8. The van der Waals surface area contributed by atoms with Crippen LogP contribution >= 0.6 is 11.8 Å². The summed E-state index contributed by atoms with van der Waals surface area (Å²) in [6.45, 7) is 9.88. The number of likely N-dealkylation sites (tertiary alicyclic amines) is 1. The van der Waals surface area contributed by atoms with Crippen molar-refractivity contribution in [2.75, 3.05) is 37.1 Å². The minimum Gasteiger partial charge on any atom is -0.324 e. The fraction of sp³-hybridized carbons (Fsp3) is 0.405. The van der Waals surface area contributed by atoms with E-state index in [1.165, 1.54) is 11.1 Å². The molecule has 1 N–H and O–H groups in total. The van der Waals surface area contributed by atoms with Crippen LogP contribution in [0.3, 0.4) is 0 Å². The number of likely N-dealkylation sites (N-methyl/N-ethyl adjacent to an activating group) is 1. The number of benzene rings is 3. The van der Waals surface area contributed by atoms with E-state index in [4.69, 9.17) is 0 Å². The lowest BCUT2D eigenvalue weighted by Crippen LogP contribution is -2.65. The quantitative estimate of drug-likeness (QED) is 0.337. The Balaban J connectivity index is 1.47. The van der Waals surface area contributed by atoms with Crippen LogP contribution in [0.5, 0.6) is 0 Å². The van der Waals surface area contributed by atoms with Crippen molar-refractivity contribution in [2.24, 2.45) is 5.41 Å². The largest absolute Gasteiger partial charge is 0.324 e. The van der Waals surface area contributed by atoms with Crippen LogP contribution < -0.4 is 5.32 Å². The second-order valence-corrected chi connectivity index (χ2v) is 14.5. The normalized spacial score (nSPS) is 29.8. The summed E-state index contributed by atoms with van der Waals surface area (Å²) in [5.74, 6) is 2.39. The van der Waals surface area contributed by atoms with Gasteiger partial charge in [-0.3, -0.25) is 14.5 Å². The predicted octanol–water partition coefficient (Wildman–Crippen LogP) is 6.84. The molecule has 0 aromatic heterocycles. The summed E-state index contributed by atoms with van der Waals surface area (Å²) < 4.78 is 0. The topological polar surface area (TPSA) is 52.7 Å². The number of Topliss-reactive ketones (excluding diaryl/α,β-unsaturated/α-hetero) is 1. The Morgan fingerprint density at radius 3 is 2.23 bits per heavy atom. The second kappa shape index (κ2) is 10.5. The van der Waals surface area contributed by atoms with Gasteiger partial charge in [-0.25, -0.2) is 0 Å². The van der Waals surface area contributed by atoms with Crippen molar-refractivity contribution in [3.8, 4) is 0 Å². The summed E-state index contributed by atoms with van der Waals surface area (Å²) in [5.41, 5.74) is 5.20. The number of ketones is 1. The van der Waals surface area contributed by atoms with Crippen LogP contribution in [0.2, 0.25) is 0 Å². The van der Waals surface area contributed by atoms with Crippen LogP contribution in [-0.4, -0.2) is 59.3 Å². The molecule has 222 valence electrons. The number of piperidine rings is 1. The lowest BCUT2D eigenvalue weighted by molar-refractivity contribution is -0.146. The lowest BCUT2D eigenvalue weighted by atomic mass is 9.55. The molecule has 3 aromatic carbocycles. The highest BCUT2D eigenvalue weighted by Gasteiger charge is 2.78. The number of rotatable bonds is 4. The van der Waals surface area contributed by atoms with Gasteiger partial charge in [0.15, 0.2) is 5.78 Å². The number of nitrogens with zero attached hydrogens (tertiary/aromatic N) is 2. The molecular formula is C37H41N3O2S. The zero-order chi connectivity index (χ0) is 30.1. The molecule has 0 bridgehead atoms. The molecule has 2 spiro atoms. The number of para-hydroxylation sites is 1. The monoisotopic (exact) mass is 591 g/mol. The van der Waals surface area contributed by atoms with Crippen LogP contribution in [0.4, 0.5) is 5.69 Å². The highest BCUT2D eigenvalue weighted by Crippen LogP contribution is 2.68. The molecule has 4 aliphatic heterocycles. The van der Waals surface area contributed by atoms with Gasteiger partial charge in [-0.05, 0) is 53.3 Å². The highest BCUT2D eigenvalue weighted by molar-refractivity contribution is 7.99. The number of hydrogen-bond acceptors (Lipinski definition) is 5. The molecule has 4 heterocycles. The van der Waals surface area contributed by atoms with Gasteiger partial charge in [0, 0.05) is 53.5 Å². The van der Waals surface area contributed by atoms with Crippen molar-refractivity contribution in [3.63, 3.8) is 0 Å². The zero-order valence-corrected chi connectivity index (χ0v) is 26.6. The molecule has 4 atom stereocenters. The molecule has 1 amide bonds. The number of fused-ring (bicyclic) bond motifs is 5. The van der Waals surface area contributed by atoms with Crippen molar-refractivity contribution in [3.05, 3.63) is 106 Å². The molecule has 0 aliphatic carbocycles. The van der Waals surface area contributed by atoms with Gasteiger partial charge in [0.25, 0.3) is 5.91 Å². The molecule has 0 unspecified atom stereocenters. The van der Waals surface area contributed by atoms with Crippen LogP contribution in [0, 0.1) is 5.41 Å². The first-order valence-electron chi connectivity index (χ1n) is 15.6. The third-order valence-corrected chi connectivity index (χ3v) is 11.4. The van der Waals surface area contributed by atoms with Crippen molar-refractivity contribution in [2.45, 2.75) is 57.0 Å². The molecular weight excluding hydrogens is 550 g/mol. The third-order valence-electron chi connectivity index (χ3n) is 10.4. The van der Waals surface area contributed by atoms with E-state index in [0.29, 0.717) is 24.9 Å². The number of anilines is 1. The molecule has 4 aliphatic rings. The van der Waals surface area contributed by atoms with Gasteiger partial charge in [-0.15, -0.1) is 11.8 Å². The Morgan fingerprint density at radius 1 is 0.907 bits per heavy atom. The Morgan fingerprint density at radius 2 is 1.56 bits per heavy atom. The molecule has 43 heavy (non-hydrogen) atoms. The minimum atomic E-state index is -1.09. The fourth-order valence-electron chi connectivity index (χ4n) is 8.46. The van der Waals surface area contributed by atoms with E-state index < -0.39 is 11.0 Å². The van der Waals surface area contributed by atoms with Crippen LogP contribution in [0.25, 0.3) is 6.08 Å². The predicted molar refractivity (Wildman–Crippen MR) is 176 cm³/mol. The van der Waals surface area contributed by atoms with Gasteiger partial charge in [0.2, 0.25) is 0 Å². The molecule has 0 radical (unpaired) electrons. The maximum atomic E-state index is 15.5. The molecule has 7 rings (SSSR count). The SMILES string of the molecule is CC(C)c1ccc(/C=C2\CN(C)C[C@@]3(C2=O)[C@@H](c2ccc(C(C)C)cc2)[C@@H]2CSCN2[C@@]32C(=O)Nc3ccccc32)cc1. The lowest BCUT2D eigenvalue weighted by Gasteiger charge is -2.51. The number of thioether (sulfide) groups is 1. The van der Waals surface area contributed by atoms with Crippen molar-refractivity contribution in [1.82, 2.24) is 9.80 Å². The van der Waals surface area contributed by atoms with Gasteiger partial charge in [-0.1, -0.05) is 94.4 Å². The first-order valence-corrected chi connectivity index (χ1v) is 16.7. The van der Waals surface area contributed by atoms with Crippen molar-refractivity contribution < 1.29 is 9.59 Å². The van der Waals surface area contributed by atoms with Gasteiger partial charge in [0.1, 0.15) is 5.54 Å². The molecule has 3 aromatic rings. The first kappa shape index (κ1) is 28.6. The summed E-state index contributed by atoms with van der Waals surface area (Å²) in [4.78, 5) is 34.8. The minimum absolute atomic E-state index is 0.0632. The maximum Gasteiger partial charge on any atom is 0.250 e. The van der Waals surface area contributed by atoms with Crippen molar-refractivity contribution >= 4 is 35.2 Å². The Bertz CT molecular complexity index is 1610. The van der Waals surface area contributed by atoms with Gasteiger partial charge in [0.05, 0.1) is 5.41 Å². The number of carbonyl (C=O) groups excluding carboxylic acids is 2. The van der Waals surface area contributed by atoms with Crippen LogP contribution in [0.15, 0.2) is 78.4 Å². The van der Waals surface area contributed by atoms with E-state index in [-0.39, 0.29) is 23.7 Å². The molecule has 5 nitrogen and oxygen atoms in total. The van der Waals surface area contributed by atoms with E-state index in [1.54, 1.807) is 0 Å². The summed E-state index contributed by atoms with van der Waals surface area (Å²) in [6, 6.07) is 25.6. The van der Waals surface area contributed by atoms with E-state index in [1.807, 2.05) is 30.0 Å². The summed E-state index contributed by atoms with van der Waals surface area (Å²) in [5, 5.41) is 3.25. The molecule has 6 heteroatoms. The molecule has 3 fully saturated rings.